The summed E-state index contributed by atoms with van der Waals surface area (Å²) in [7, 11) is -2.73. The Morgan fingerprint density at radius 3 is 2.09 bits per heavy atom. The molecule has 10 heteroatoms. The van der Waals surface area contributed by atoms with Gasteiger partial charge in [0.2, 0.25) is 11.8 Å². The second kappa shape index (κ2) is 14.1. The quantitative estimate of drug-likeness (QED) is 0.212. The number of rotatable bonds is 11. The van der Waals surface area contributed by atoms with Gasteiger partial charge in [-0.1, -0.05) is 95.5 Å². The Morgan fingerprint density at radius 2 is 1.44 bits per heavy atom. The van der Waals surface area contributed by atoms with Crippen LogP contribution in [0.1, 0.15) is 22.3 Å². The van der Waals surface area contributed by atoms with Crippen molar-refractivity contribution in [3.05, 3.63) is 129 Å². The molecule has 4 aromatic carbocycles. The van der Waals surface area contributed by atoms with Gasteiger partial charge in [-0.3, -0.25) is 13.9 Å². The molecule has 0 fully saturated rings. The van der Waals surface area contributed by atoms with E-state index in [1.807, 2.05) is 37.3 Å². The fourth-order valence-corrected chi connectivity index (χ4v) is 6.58. The third-order valence-electron chi connectivity index (χ3n) is 7.21. The van der Waals surface area contributed by atoms with Gasteiger partial charge in [0, 0.05) is 30.1 Å². The highest BCUT2D eigenvalue weighted by molar-refractivity contribution is 7.92. The van der Waals surface area contributed by atoms with Crippen LogP contribution in [0.15, 0.2) is 102 Å². The SMILES string of the molecule is CNC(=O)[C@H](Cc1ccccc1)N(Cc1ccccc1Cl)C(=O)CN(c1cccc(Cl)c1C)S(=O)(=O)c1ccc(C)cc1. The molecule has 0 unspecified atom stereocenters. The first-order valence-electron chi connectivity index (χ1n) is 13.7. The Hall–Kier alpha value is -3.85. The summed E-state index contributed by atoms with van der Waals surface area (Å²) in [6.45, 7) is 2.96. The molecule has 0 aliphatic heterocycles. The van der Waals surface area contributed by atoms with Gasteiger partial charge in [0.1, 0.15) is 12.6 Å². The molecule has 224 valence electrons. The van der Waals surface area contributed by atoms with Crippen LogP contribution in [0.2, 0.25) is 10.0 Å². The topological polar surface area (TPSA) is 86.8 Å². The number of nitrogens with one attached hydrogen (secondary N) is 1. The number of benzene rings is 4. The number of amides is 2. The van der Waals surface area contributed by atoms with Crippen molar-refractivity contribution in [1.29, 1.82) is 0 Å². The van der Waals surface area contributed by atoms with Gasteiger partial charge < -0.3 is 10.2 Å². The third kappa shape index (κ3) is 7.57. The summed E-state index contributed by atoms with van der Waals surface area (Å²) < 4.78 is 29.3. The van der Waals surface area contributed by atoms with Crippen LogP contribution in [0.4, 0.5) is 5.69 Å². The van der Waals surface area contributed by atoms with Gasteiger partial charge in [0.25, 0.3) is 10.0 Å². The second-order valence-electron chi connectivity index (χ2n) is 10.1. The van der Waals surface area contributed by atoms with E-state index >= 15 is 0 Å². The maximum absolute atomic E-state index is 14.4. The zero-order chi connectivity index (χ0) is 31.1. The van der Waals surface area contributed by atoms with Crippen LogP contribution in [-0.4, -0.2) is 44.8 Å². The van der Waals surface area contributed by atoms with Crippen LogP contribution in [0, 0.1) is 13.8 Å². The third-order valence-corrected chi connectivity index (χ3v) is 9.76. The van der Waals surface area contributed by atoms with Crippen molar-refractivity contribution < 1.29 is 18.0 Å². The van der Waals surface area contributed by atoms with Gasteiger partial charge in [0.05, 0.1) is 10.6 Å². The lowest BCUT2D eigenvalue weighted by Gasteiger charge is -2.34. The average molecular weight is 639 g/mol. The van der Waals surface area contributed by atoms with Gasteiger partial charge in [0.15, 0.2) is 0 Å². The predicted molar refractivity (Wildman–Crippen MR) is 172 cm³/mol. The highest BCUT2D eigenvalue weighted by atomic mass is 35.5. The average Bonchev–Trinajstić information content (AvgIpc) is 3.00. The molecular formula is C33H33Cl2N3O4S. The lowest BCUT2D eigenvalue weighted by Crippen LogP contribution is -2.53. The van der Waals surface area contributed by atoms with Gasteiger partial charge in [-0.15, -0.1) is 0 Å². The van der Waals surface area contributed by atoms with E-state index in [9.17, 15) is 18.0 Å². The normalized spacial score (nSPS) is 11.9. The molecule has 0 aliphatic rings. The van der Waals surface area contributed by atoms with Crippen molar-refractivity contribution in [2.45, 2.75) is 37.8 Å². The van der Waals surface area contributed by atoms with E-state index in [2.05, 4.69) is 5.32 Å². The summed E-state index contributed by atoms with van der Waals surface area (Å²) in [6, 6.07) is 26.7. The summed E-state index contributed by atoms with van der Waals surface area (Å²) >= 11 is 12.9. The number of aryl methyl sites for hydroxylation is 1. The van der Waals surface area contributed by atoms with Crippen LogP contribution in [0.25, 0.3) is 0 Å². The number of carbonyl (C=O) groups is 2. The monoisotopic (exact) mass is 637 g/mol. The van der Waals surface area contributed by atoms with Gasteiger partial charge in [-0.25, -0.2) is 8.42 Å². The number of hydrogen-bond acceptors (Lipinski definition) is 4. The summed E-state index contributed by atoms with van der Waals surface area (Å²) in [5.41, 5.74) is 3.10. The van der Waals surface area contributed by atoms with Crippen molar-refractivity contribution >= 4 is 50.7 Å². The zero-order valence-corrected chi connectivity index (χ0v) is 26.5. The lowest BCUT2D eigenvalue weighted by atomic mass is 10.0. The minimum Gasteiger partial charge on any atom is -0.357 e. The molecule has 1 N–H and O–H groups in total. The molecule has 1 atom stereocenters. The molecule has 0 heterocycles. The summed E-state index contributed by atoms with van der Waals surface area (Å²) in [4.78, 5) is 29.2. The van der Waals surface area contributed by atoms with Crippen LogP contribution in [0.3, 0.4) is 0 Å². The number of halogens is 2. The Bertz CT molecular complexity index is 1700. The van der Waals surface area contributed by atoms with Crippen LogP contribution < -0.4 is 9.62 Å². The number of likely N-dealkylation sites (N-methyl/N-ethyl adjacent to an activating group) is 1. The molecule has 0 aromatic heterocycles. The maximum atomic E-state index is 14.4. The Balaban J connectivity index is 1.83. The molecule has 4 aromatic rings. The fraction of sp³-hybridized carbons (Fsp3) is 0.212. The van der Waals surface area contributed by atoms with Crippen molar-refractivity contribution in [3.8, 4) is 0 Å². The van der Waals surface area contributed by atoms with Crippen molar-refractivity contribution in [3.63, 3.8) is 0 Å². The van der Waals surface area contributed by atoms with Crippen molar-refractivity contribution in [2.75, 3.05) is 17.9 Å². The molecule has 4 rings (SSSR count). The van der Waals surface area contributed by atoms with E-state index in [1.165, 1.54) is 24.1 Å². The largest absolute Gasteiger partial charge is 0.357 e. The second-order valence-corrected chi connectivity index (χ2v) is 12.8. The first-order chi connectivity index (χ1) is 20.5. The van der Waals surface area contributed by atoms with Crippen LogP contribution >= 0.6 is 23.2 Å². The van der Waals surface area contributed by atoms with Crippen molar-refractivity contribution in [1.82, 2.24) is 10.2 Å². The highest BCUT2D eigenvalue weighted by Crippen LogP contribution is 2.31. The molecule has 43 heavy (non-hydrogen) atoms. The first kappa shape index (κ1) is 32.1. The number of sulfonamides is 1. The van der Waals surface area contributed by atoms with Gasteiger partial charge in [-0.05, 0) is 60.9 Å². The molecule has 0 saturated carbocycles. The minimum atomic E-state index is -4.23. The summed E-state index contributed by atoms with van der Waals surface area (Å²) in [5, 5.41) is 3.45. The highest BCUT2D eigenvalue weighted by Gasteiger charge is 2.35. The lowest BCUT2D eigenvalue weighted by molar-refractivity contribution is -0.139. The number of hydrogen-bond donors (Lipinski definition) is 1. The van der Waals surface area contributed by atoms with E-state index < -0.39 is 34.4 Å². The van der Waals surface area contributed by atoms with Crippen molar-refractivity contribution in [2.24, 2.45) is 0 Å². The molecule has 0 aliphatic carbocycles. The minimum absolute atomic E-state index is 0.0175. The maximum Gasteiger partial charge on any atom is 0.264 e. The molecule has 2 amide bonds. The molecule has 7 nitrogen and oxygen atoms in total. The molecule has 0 spiro atoms. The predicted octanol–water partition coefficient (Wildman–Crippen LogP) is 6.19. The van der Waals surface area contributed by atoms with E-state index in [0.717, 1.165) is 15.4 Å². The van der Waals surface area contributed by atoms with Gasteiger partial charge >= 0.3 is 0 Å². The fourth-order valence-electron chi connectivity index (χ4n) is 4.75. The number of anilines is 1. The standard InChI is InChI=1S/C33H33Cl2N3O4S/c1-23-16-18-27(19-17-23)43(41,42)38(30-15-9-14-28(34)24(30)2)22-32(39)37(21-26-12-7-8-13-29(26)35)31(33(40)36-3)20-25-10-5-4-6-11-25/h4-19,31H,20-22H2,1-3H3,(H,36,40)/t31-/m0/s1. The molecule has 0 saturated heterocycles. The van der Waals surface area contributed by atoms with E-state index in [0.29, 0.717) is 21.2 Å². The number of nitrogens with zero attached hydrogens (tertiary/aromatic N) is 2. The van der Waals surface area contributed by atoms with E-state index in [-0.39, 0.29) is 23.5 Å². The van der Waals surface area contributed by atoms with Gasteiger partial charge in [-0.2, -0.15) is 0 Å². The zero-order valence-electron chi connectivity index (χ0n) is 24.1. The summed E-state index contributed by atoms with van der Waals surface area (Å²) in [5.74, 6) is -0.976. The van der Waals surface area contributed by atoms with E-state index in [1.54, 1.807) is 61.5 Å². The Morgan fingerprint density at radius 1 is 0.814 bits per heavy atom. The van der Waals surface area contributed by atoms with E-state index in [4.69, 9.17) is 23.2 Å². The van der Waals surface area contributed by atoms with Crippen LogP contribution in [0.5, 0.6) is 0 Å². The Labute approximate surface area is 263 Å². The first-order valence-corrected chi connectivity index (χ1v) is 15.9. The summed E-state index contributed by atoms with van der Waals surface area (Å²) in [6.07, 6.45) is 0.206. The smallest absolute Gasteiger partial charge is 0.264 e. The Kier molecular flexibility index (Phi) is 10.5. The molecule has 0 radical (unpaired) electrons. The molecule has 0 bridgehead atoms. The van der Waals surface area contributed by atoms with Crippen LogP contribution in [-0.2, 0) is 32.6 Å². The number of carbonyl (C=O) groups excluding carboxylic acids is 2. The molecular weight excluding hydrogens is 605 g/mol.